The zero-order valence-electron chi connectivity index (χ0n) is 24.5. The normalized spacial score (nSPS) is 13.8. The van der Waals surface area contributed by atoms with Crippen LogP contribution in [0.3, 0.4) is 0 Å². The molecule has 0 unspecified atom stereocenters. The van der Waals surface area contributed by atoms with Crippen molar-refractivity contribution in [2.24, 2.45) is 0 Å². The van der Waals surface area contributed by atoms with Crippen LogP contribution in [0.4, 0.5) is 0 Å². The Morgan fingerprint density at radius 3 is 2.35 bits per heavy atom. The highest BCUT2D eigenvalue weighted by atomic mass is 35.5. The predicted octanol–water partition coefficient (Wildman–Crippen LogP) is 6.83. The first-order valence-electron chi connectivity index (χ1n) is 14.4. The molecule has 5 rings (SSSR count). The summed E-state index contributed by atoms with van der Waals surface area (Å²) < 4.78 is 11.7. The summed E-state index contributed by atoms with van der Waals surface area (Å²) in [6.45, 7) is 8.49. The maximum absolute atomic E-state index is 12.9. The van der Waals surface area contributed by atoms with Crippen molar-refractivity contribution in [3.63, 3.8) is 0 Å². The maximum atomic E-state index is 12.9. The number of nitrogens with zero attached hydrogens (tertiary/aromatic N) is 3. The van der Waals surface area contributed by atoms with Crippen LogP contribution in [0.5, 0.6) is 23.1 Å². The maximum Gasteiger partial charge on any atom is 0.246 e. The monoisotopic (exact) mass is 597 g/mol. The molecule has 8 heteroatoms. The molecule has 2 heterocycles. The second kappa shape index (κ2) is 14.2. The molecular formula is C35H36ClN3O4. The molecule has 0 spiro atoms. The molecule has 0 radical (unpaired) electrons. The van der Waals surface area contributed by atoms with E-state index in [1.165, 1.54) is 29.0 Å². The smallest absolute Gasteiger partial charge is 0.246 e. The highest BCUT2D eigenvalue weighted by Crippen LogP contribution is 2.34. The molecule has 0 aliphatic carbocycles. The van der Waals surface area contributed by atoms with E-state index in [1.54, 1.807) is 24.3 Å². The first-order chi connectivity index (χ1) is 20.8. The summed E-state index contributed by atoms with van der Waals surface area (Å²) in [7, 11) is 0. The Labute approximate surface area is 258 Å². The van der Waals surface area contributed by atoms with Crippen molar-refractivity contribution in [3.8, 4) is 23.1 Å². The van der Waals surface area contributed by atoms with E-state index in [9.17, 15) is 9.90 Å². The van der Waals surface area contributed by atoms with Crippen molar-refractivity contribution in [2.75, 3.05) is 32.8 Å². The molecule has 1 N–H and O–H groups in total. The number of benzene rings is 3. The summed E-state index contributed by atoms with van der Waals surface area (Å²) >= 11 is 6.48. The van der Waals surface area contributed by atoms with Crippen LogP contribution in [0.25, 0.3) is 6.08 Å². The van der Waals surface area contributed by atoms with Gasteiger partial charge < -0.3 is 19.5 Å². The summed E-state index contributed by atoms with van der Waals surface area (Å²) in [6.07, 6.45) is 5.56. The summed E-state index contributed by atoms with van der Waals surface area (Å²) in [4.78, 5) is 21.2. The van der Waals surface area contributed by atoms with Crippen molar-refractivity contribution < 1.29 is 19.4 Å². The molecule has 1 aliphatic rings. The number of rotatable bonds is 10. The topological polar surface area (TPSA) is 75.1 Å². The van der Waals surface area contributed by atoms with Gasteiger partial charge in [0.05, 0.1) is 17.8 Å². The Hall–Kier alpha value is -4.33. The number of ether oxygens (including phenoxy) is 2. The fourth-order valence-corrected chi connectivity index (χ4v) is 5.22. The average Bonchev–Trinajstić information content (AvgIpc) is 3.01. The fourth-order valence-electron chi connectivity index (χ4n) is 4.91. The van der Waals surface area contributed by atoms with E-state index in [4.69, 9.17) is 21.1 Å². The minimum atomic E-state index is -0.0146. The van der Waals surface area contributed by atoms with Crippen LogP contribution >= 0.6 is 11.6 Å². The number of aryl methyl sites for hydroxylation is 2. The van der Waals surface area contributed by atoms with E-state index < -0.39 is 0 Å². The zero-order chi connectivity index (χ0) is 30.2. The zero-order valence-corrected chi connectivity index (χ0v) is 25.3. The van der Waals surface area contributed by atoms with Gasteiger partial charge in [0.1, 0.15) is 11.5 Å². The lowest BCUT2D eigenvalue weighted by atomic mass is 10.1. The highest BCUT2D eigenvalue weighted by molar-refractivity contribution is 6.32. The first kappa shape index (κ1) is 30.1. The lowest BCUT2D eigenvalue weighted by molar-refractivity contribution is -0.127. The third-order valence-electron chi connectivity index (χ3n) is 7.39. The number of halogens is 1. The van der Waals surface area contributed by atoms with E-state index >= 15 is 0 Å². The molecule has 222 valence electrons. The molecule has 43 heavy (non-hydrogen) atoms. The molecule has 0 bridgehead atoms. The van der Waals surface area contributed by atoms with Crippen LogP contribution in [-0.4, -0.2) is 58.6 Å². The largest absolute Gasteiger partial charge is 0.506 e. The molecule has 4 aromatic rings. The van der Waals surface area contributed by atoms with Gasteiger partial charge in [0.25, 0.3) is 0 Å². The standard InChI is InChI=1S/C35H36ClN3O4/c1-25-3-11-31(12-4-25)42-20-15-27-5-7-28(8-6-27)24-38-16-18-39(19-17-38)34(41)14-9-29-21-26(2)35(32(36)22-29)43-33-13-10-30(40)23-37-33/h3-14,21-23,40H,15-20,24H2,1-2H3. The molecule has 1 saturated heterocycles. The van der Waals surface area contributed by atoms with Gasteiger partial charge in [-0.3, -0.25) is 9.69 Å². The van der Waals surface area contributed by atoms with Gasteiger partial charge in [-0.25, -0.2) is 4.98 Å². The Kier molecular flexibility index (Phi) is 9.97. The van der Waals surface area contributed by atoms with Crippen LogP contribution < -0.4 is 9.47 Å². The van der Waals surface area contributed by atoms with Crippen molar-refractivity contribution in [3.05, 3.63) is 118 Å². The van der Waals surface area contributed by atoms with Crippen molar-refractivity contribution in [2.45, 2.75) is 26.8 Å². The van der Waals surface area contributed by atoms with E-state index in [0.717, 1.165) is 42.9 Å². The summed E-state index contributed by atoms with van der Waals surface area (Å²) in [5.41, 5.74) is 5.37. The van der Waals surface area contributed by atoms with Crippen LogP contribution in [0.2, 0.25) is 5.02 Å². The van der Waals surface area contributed by atoms with Gasteiger partial charge in [-0.15, -0.1) is 0 Å². The lowest BCUT2D eigenvalue weighted by Crippen LogP contribution is -2.47. The van der Waals surface area contributed by atoms with Crippen molar-refractivity contribution >= 4 is 23.6 Å². The molecule has 1 fully saturated rings. The van der Waals surface area contributed by atoms with Crippen LogP contribution in [0.15, 0.2) is 85.1 Å². The number of hydrogen-bond donors (Lipinski definition) is 1. The third-order valence-corrected chi connectivity index (χ3v) is 7.67. The van der Waals surface area contributed by atoms with Gasteiger partial charge in [-0.05, 0) is 72.5 Å². The summed E-state index contributed by atoms with van der Waals surface area (Å²) in [6, 6.07) is 23.6. The van der Waals surface area contributed by atoms with Gasteiger partial charge in [0, 0.05) is 51.3 Å². The van der Waals surface area contributed by atoms with Crippen LogP contribution in [0.1, 0.15) is 27.8 Å². The lowest BCUT2D eigenvalue weighted by Gasteiger charge is -2.34. The minimum Gasteiger partial charge on any atom is -0.506 e. The molecule has 0 atom stereocenters. The number of aromatic hydroxyl groups is 1. The van der Waals surface area contributed by atoms with E-state index in [-0.39, 0.29) is 11.7 Å². The number of pyridine rings is 1. The highest BCUT2D eigenvalue weighted by Gasteiger charge is 2.20. The van der Waals surface area contributed by atoms with Crippen LogP contribution in [-0.2, 0) is 17.8 Å². The molecule has 1 aliphatic heterocycles. The Morgan fingerprint density at radius 1 is 0.953 bits per heavy atom. The molecule has 1 aromatic heterocycles. The van der Waals surface area contributed by atoms with Crippen molar-refractivity contribution in [1.82, 2.24) is 14.8 Å². The quantitative estimate of drug-likeness (QED) is 0.202. The molecule has 3 aromatic carbocycles. The summed E-state index contributed by atoms with van der Waals surface area (Å²) in [5, 5.41) is 9.83. The fraction of sp³-hybridized carbons (Fsp3) is 0.257. The molecular weight excluding hydrogens is 562 g/mol. The number of carbonyl (C=O) groups excluding carboxylic acids is 1. The summed E-state index contributed by atoms with van der Waals surface area (Å²) in [5.74, 6) is 1.76. The third kappa shape index (κ3) is 8.60. The molecule has 0 saturated carbocycles. The van der Waals surface area contributed by atoms with E-state index in [1.807, 2.05) is 30.0 Å². The Morgan fingerprint density at radius 2 is 1.67 bits per heavy atom. The predicted molar refractivity (Wildman–Crippen MR) is 170 cm³/mol. The minimum absolute atomic E-state index is 0.0146. The Bertz CT molecular complexity index is 1520. The number of amides is 1. The van der Waals surface area contributed by atoms with Gasteiger partial charge >= 0.3 is 0 Å². The SMILES string of the molecule is Cc1ccc(OCCc2ccc(CN3CCN(C(=O)C=Cc4cc(C)c(Oc5ccc(O)cn5)c(Cl)c4)CC3)cc2)cc1. The first-order valence-corrected chi connectivity index (χ1v) is 14.8. The number of carbonyl (C=O) groups is 1. The van der Waals surface area contributed by atoms with Gasteiger partial charge in [-0.2, -0.15) is 0 Å². The van der Waals surface area contributed by atoms with E-state index in [0.29, 0.717) is 36.3 Å². The number of aromatic nitrogens is 1. The molecule has 1 amide bonds. The number of hydrogen-bond acceptors (Lipinski definition) is 6. The van der Waals surface area contributed by atoms with E-state index in [2.05, 4.69) is 53.2 Å². The second-order valence-electron chi connectivity index (χ2n) is 10.8. The second-order valence-corrected chi connectivity index (χ2v) is 11.2. The van der Waals surface area contributed by atoms with Crippen molar-refractivity contribution in [1.29, 1.82) is 0 Å². The molecule has 7 nitrogen and oxygen atoms in total. The van der Waals surface area contributed by atoms with Gasteiger partial charge in [0.15, 0.2) is 5.75 Å². The van der Waals surface area contributed by atoms with Gasteiger partial charge in [-0.1, -0.05) is 53.6 Å². The van der Waals surface area contributed by atoms with Gasteiger partial charge in [0.2, 0.25) is 11.8 Å². The Balaban J connectivity index is 1.06. The number of piperazine rings is 1. The average molecular weight is 598 g/mol. The van der Waals surface area contributed by atoms with Crippen LogP contribution in [0, 0.1) is 13.8 Å².